The van der Waals surface area contributed by atoms with Crippen LogP contribution in [0.3, 0.4) is 0 Å². The number of carbonyl (C=O) groups is 1. The van der Waals surface area contributed by atoms with Gasteiger partial charge < -0.3 is 9.47 Å². The van der Waals surface area contributed by atoms with Crippen LogP contribution in [0.2, 0.25) is 0 Å². The average Bonchev–Trinajstić information content (AvgIpc) is 3.28. The summed E-state index contributed by atoms with van der Waals surface area (Å²) in [7, 11) is 5.79. The first-order valence-electron chi connectivity index (χ1n) is 7.70. The molecule has 2 aromatic heterocycles. The van der Waals surface area contributed by atoms with Gasteiger partial charge in [-0.2, -0.15) is 5.10 Å². The number of para-hydroxylation sites is 1. The van der Waals surface area contributed by atoms with Gasteiger partial charge in [0.1, 0.15) is 5.71 Å². The van der Waals surface area contributed by atoms with Crippen LogP contribution in [0.4, 0.5) is 5.13 Å². The first kappa shape index (κ1) is 15.5. The second kappa shape index (κ2) is 5.82. The van der Waals surface area contributed by atoms with E-state index in [-0.39, 0.29) is 5.91 Å². The Labute approximate surface area is 148 Å². The summed E-state index contributed by atoms with van der Waals surface area (Å²) in [6.45, 7) is 0. The minimum absolute atomic E-state index is 0.232. The molecule has 7 nitrogen and oxygen atoms in total. The quantitative estimate of drug-likeness (QED) is 0.732. The van der Waals surface area contributed by atoms with Gasteiger partial charge in [0, 0.05) is 43.8 Å². The lowest BCUT2D eigenvalue weighted by Gasteiger charge is -2.03. The van der Waals surface area contributed by atoms with Crippen molar-refractivity contribution in [2.24, 2.45) is 12.1 Å². The number of fused-ring (bicyclic) bond motifs is 1. The van der Waals surface area contributed by atoms with E-state index in [4.69, 9.17) is 0 Å². The maximum atomic E-state index is 12.3. The first-order chi connectivity index (χ1) is 12.0. The zero-order valence-corrected chi connectivity index (χ0v) is 14.8. The van der Waals surface area contributed by atoms with Gasteiger partial charge in [-0.1, -0.05) is 29.5 Å². The SMILES string of the molecule is CN(C)c1nnc(C2=NNC(=O)C2=Cc2cn(C)c3ccccc23)s1. The Hall–Kier alpha value is -3.00. The number of aryl methyl sites for hydroxylation is 1. The molecule has 1 aliphatic heterocycles. The molecule has 0 radical (unpaired) electrons. The molecule has 0 saturated heterocycles. The maximum absolute atomic E-state index is 12.3. The number of hydrogen-bond donors (Lipinski definition) is 1. The van der Waals surface area contributed by atoms with Crippen LogP contribution in [-0.4, -0.2) is 40.5 Å². The number of carbonyl (C=O) groups excluding carboxylic acids is 1. The Morgan fingerprint density at radius 1 is 1.24 bits per heavy atom. The number of aromatic nitrogens is 3. The van der Waals surface area contributed by atoms with E-state index in [1.807, 2.05) is 61.1 Å². The highest BCUT2D eigenvalue weighted by atomic mass is 32.1. The number of anilines is 1. The number of nitrogens with one attached hydrogen (secondary N) is 1. The first-order valence-corrected chi connectivity index (χ1v) is 8.51. The van der Waals surface area contributed by atoms with Crippen molar-refractivity contribution in [2.45, 2.75) is 0 Å². The topological polar surface area (TPSA) is 75.4 Å². The Morgan fingerprint density at radius 3 is 2.80 bits per heavy atom. The van der Waals surface area contributed by atoms with Crippen molar-refractivity contribution in [3.05, 3.63) is 46.6 Å². The molecule has 8 heteroatoms. The van der Waals surface area contributed by atoms with E-state index in [0.29, 0.717) is 16.3 Å². The van der Waals surface area contributed by atoms with Gasteiger partial charge in [0.15, 0.2) is 5.01 Å². The summed E-state index contributed by atoms with van der Waals surface area (Å²) in [4.78, 5) is 14.2. The number of rotatable bonds is 3. The van der Waals surface area contributed by atoms with Crippen molar-refractivity contribution in [3.8, 4) is 0 Å². The number of hydrogen-bond acceptors (Lipinski definition) is 6. The van der Waals surface area contributed by atoms with Crippen molar-refractivity contribution in [1.29, 1.82) is 0 Å². The zero-order valence-electron chi connectivity index (χ0n) is 14.0. The molecule has 1 aliphatic rings. The molecule has 1 aromatic carbocycles. The molecule has 0 atom stereocenters. The van der Waals surface area contributed by atoms with Gasteiger partial charge in [0.25, 0.3) is 5.91 Å². The van der Waals surface area contributed by atoms with Gasteiger partial charge >= 0.3 is 0 Å². The molecule has 4 rings (SSSR count). The number of benzene rings is 1. The fourth-order valence-corrected chi connectivity index (χ4v) is 3.54. The summed E-state index contributed by atoms with van der Waals surface area (Å²) < 4.78 is 2.04. The third-order valence-electron chi connectivity index (χ3n) is 4.00. The molecule has 3 heterocycles. The molecule has 1 N–H and O–H groups in total. The smallest absolute Gasteiger partial charge is 0.273 e. The van der Waals surface area contributed by atoms with Gasteiger partial charge in [-0.15, -0.1) is 10.2 Å². The highest BCUT2D eigenvalue weighted by Crippen LogP contribution is 2.27. The molecule has 1 amide bonds. The van der Waals surface area contributed by atoms with E-state index in [1.165, 1.54) is 11.3 Å². The zero-order chi connectivity index (χ0) is 17.6. The summed E-state index contributed by atoms with van der Waals surface area (Å²) in [5.41, 5.74) is 5.64. The summed E-state index contributed by atoms with van der Waals surface area (Å²) >= 11 is 1.40. The Balaban J connectivity index is 1.80. The highest BCUT2D eigenvalue weighted by Gasteiger charge is 2.27. The van der Waals surface area contributed by atoms with Crippen LogP contribution >= 0.6 is 11.3 Å². The maximum Gasteiger partial charge on any atom is 0.273 e. The second-order valence-corrected chi connectivity index (χ2v) is 6.91. The van der Waals surface area contributed by atoms with Crippen LogP contribution in [0.15, 0.2) is 41.1 Å². The van der Waals surface area contributed by atoms with E-state index in [0.717, 1.165) is 21.6 Å². The molecule has 0 unspecified atom stereocenters. The minimum Gasteiger partial charge on any atom is -0.353 e. The van der Waals surface area contributed by atoms with E-state index in [9.17, 15) is 4.79 Å². The lowest BCUT2D eigenvalue weighted by atomic mass is 10.1. The fraction of sp³-hybridized carbons (Fsp3) is 0.176. The number of nitrogens with zero attached hydrogens (tertiary/aromatic N) is 5. The lowest BCUT2D eigenvalue weighted by molar-refractivity contribution is -0.116. The molecule has 0 saturated carbocycles. The number of hydrazone groups is 1. The molecule has 0 aliphatic carbocycles. The van der Waals surface area contributed by atoms with E-state index >= 15 is 0 Å². The van der Waals surface area contributed by atoms with Crippen molar-refractivity contribution in [2.75, 3.05) is 19.0 Å². The van der Waals surface area contributed by atoms with E-state index in [1.54, 1.807) is 0 Å². The summed E-state index contributed by atoms with van der Waals surface area (Å²) in [5, 5.41) is 14.9. The molecule has 126 valence electrons. The fourth-order valence-electron chi connectivity index (χ4n) is 2.77. The predicted molar refractivity (Wildman–Crippen MR) is 99.8 cm³/mol. The standard InChI is InChI=1S/C17H16N6OS/c1-22(2)17-21-20-16(25-17)14-12(15(24)19-18-14)8-10-9-23(3)13-7-5-4-6-11(10)13/h4-9H,1-3H3,(H,19,24). The molecule has 0 bridgehead atoms. The van der Waals surface area contributed by atoms with Crippen molar-refractivity contribution in [3.63, 3.8) is 0 Å². The highest BCUT2D eigenvalue weighted by molar-refractivity contribution is 7.17. The van der Waals surface area contributed by atoms with E-state index < -0.39 is 0 Å². The Bertz CT molecular complexity index is 1040. The monoisotopic (exact) mass is 352 g/mol. The molecule has 0 fully saturated rings. The minimum atomic E-state index is -0.232. The van der Waals surface area contributed by atoms with Crippen LogP contribution in [0, 0.1) is 0 Å². The average molecular weight is 352 g/mol. The summed E-state index contributed by atoms with van der Waals surface area (Å²) in [6.07, 6.45) is 3.87. The molecule has 25 heavy (non-hydrogen) atoms. The van der Waals surface area contributed by atoms with Crippen LogP contribution in [-0.2, 0) is 11.8 Å². The number of amides is 1. The Morgan fingerprint density at radius 2 is 2.04 bits per heavy atom. The summed E-state index contributed by atoms with van der Waals surface area (Å²) in [5.74, 6) is -0.232. The molecular formula is C17H16N6OS. The van der Waals surface area contributed by atoms with Crippen LogP contribution in [0.1, 0.15) is 10.6 Å². The van der Waals surface area contributed by atoms with Gasteiger partial charge in [-0.25, -0.2) is 5.43 Å². The normalized spacial score (nSPS) is 15.7. The van der Waals surface area contributed by atoms with Crippen molar-refractivity contribution in [1.82, 2.24) is 20.2 Å². The van der Waals surface area contributed by atoms with Gasteiger partial charge in [-0.05, 0) is 12.1 Å². The van der Waals surface area contributed by atoms with E-state index in [2.05, 4.69) is 26.8 Å². The van der Waals surface area contributed by atoms with Crippen LogP contribution < -0.4 is 10.3 Å². The van der Waals surface area contributed by atoms with Crippen molar-refractivity contribution < 1.29 is 4.79 Å². The molecule has 0 spiro atoms. The van der Waals surface area contributed by atoms with Gasteiger partial charge in [-0.3, -0.25) is 4.79 Å². The van der Waals surface area contributed by atoms with Crippen LogP contribution in [0.25, 0.3) is 17.0 Å². The third kappa shape index (κ3) is 2.60. The van der Waals surface area contributed by atoms with Crippen LogP contribution in [0.5, 0.6) is 0 Å². The Kier molecular flexibility index (Phi) is 3.61. The molecular weight excluding hydrogens is 336 g/mol. The largest absolute Gasteiger partial charge is 0.353 e. The molecule has 3 aromatic rings. The van der Waals surface area contributed by atoms with Gasteiger partial charge in [0.2, 0.25) is 5.13 Å². The predicted octanol–water partition coefficient (Wildman–Crippen LogP) is 2.01. The lowest BCUT2D eigenvalue weighted by Crippen LogP contribution is -2.13. The summed E-state index contributed by atoms with van der Waals surface area (Å²) in [6, 6.07) is 8.08. The van der Waals surface area contributed by atoms with Crippen molar-refractivity contribution >= 4 is 45.1 Å². The van der Waals surface area contributed by atoms with Gasteiger partial charge in [0.05, 0.1) is 5.57 Å². The second-order valence-electron chi connectivity index (χ2n) is 5.96. The third-order valence-corrected chi connectivity index (χ3v) is 5.09.